The van der Waals surface area contributed by atoms with E-state index in [2.05, 4.69) is 5.32 Å². The maximum absolute atomic E-state index is 12.2. The number of likely N-dealkylation sites (tertiary alicyclic amines) is 1. The molecule has 0 unspecified atom stereocenters. The summed E-state index contributed by atoms with van der Waals surface area (Å²) in [6.45, 7) is 4.72. The number of hydrogen-bond acceptors (Lipinski definition) is 4. The van der Waals surface area contributed by atoms with Gasteiger partial charge in [0.1, 0.15) is 0 Å². The van der Waals surface area contributed by atoms with Crippen molar-refractivity contribution in [1.29, 1.82) is 0 Å². The number of amides is 1. The highest BCUT2D eigenvalue weighted by Crippen LogP contribution is 2.16. The van der Waals surface area contributed by atoms with Crippen molar-refractivity contribution < 1.29 is 14.6 Å². The fourth-order valence-electron chi connectivity index (χ4n) is 2.64. The van der Waals surface area contributed by atoms with E-state index in [1.807, 2.05) is 11.8 Å². The van der Waals surface area contributed by atoms with Gasteiger partial charge in [-0.3, -0.25) is 4.79 Å². The lowest BCUT2D eigenvalue weighted by Crippen LogP contribution is -2.49. The Morgan fingerprint density at radius 2 is 2.41 bits per heavy atom. The lowest BCUT2D eigenvalue weighted by atomic mass is 10.1. The number of rotatable bonds is 3. The van der Waals surface area contributed by atoms with Gasteiger partial charge in [0.25, 0.3) is 0 Å². The van der Waals surface area contributed by atoms with Crippen molar-refractivity contribution in [3.63, 3.8) is 0 Å². The Morgan fingerprint density at radius 1 is 1.59 bits per heavy atom. The predicted molar refractivity (Wildman–Crippen MR) is 63.6 cm³/mol. The van der Waals surface area contributed by atoms with Crippen LogP contribution in [0.5, 0.6) is 0 Å². The monoisotopic (exact) mass is 242 g/mol. The molecular formula is C12H22N2O3. The minimum absolute atomic E-state index is 0.117. The van der Waals surface area contributed by atoms with Crippen molar-refractivity contribution in [3.05, 3.63) is 0 Å². The summed E-state index contributed by atoms with van der Waals surface area (Å²) in [5.41, 5.74) is 0. The largest absolute Gasteiger partial charge is 0.392 e. The van der Waals surface area contributed by atoms with Crippen molar-refractivity contribution in [1.82, 2.24) is 10.2 Å². The molecule has 0 bridgehead atoms. The number of β-amino-alcohol motifs (C(OH)–C–C–N with tert-alkyl or cyclic N) is 1. The van der Waals surface area contributed by atoms with Crippen LogP contribution < -0.4 is 5.32 Å². The molecule has 0 aromatic rings. The van der Waals surface area contributed by atoms with Gasteiger partial charge in [0, 0.05) is 26.2 Å². The molecule has 5 heteroatoms. The second-order valence-electron chi connectivity index (χ2n) is 4.85. The SMILES string of the molecule is CCO[C@@H]1CCCN(C(=O)[C@@H]2C[C@@H](O)CN2)C1. The summed E-state index contributed by atoms with van der Waals surface area (Å²) >= 11 is 0. The summed E-state index contributed by atoms with van der Waals surface area (Å²) in [6, 6.07) is -0.203. The number of hydrogen-bond donors (Lipinski definition) is 2. The van der Waals surface area contributed by atoms with Crippen LogP contribution in [-0.2, 0) is 9.53 Å². The Kier molecular flexibility index (Phi) is 4.36. The van der Waals surface area contributed by atoms with Crippen molar-refractivity contribution in [2.75, 3.05) is 26.2 Å². The van der Waals surface area contributed by atoms with Crippen LogP contribution in [0.4, 0.5) is 0 Å². The molecule has 0 radical (unpaired) electrons. The summed E-state index contributed by atoms with van der Waals surface area (Å²) in [5, 5.41) is 12.5. The van der Waals surface area contributed by atoms with Crippen LogP contribution in [0.1, 0.15) is 26.2 Å². The number of aliphatic hydroxyl groups excluding tert-OH is 1. The fourth-order valence-corrected chi connectivity index (χ4v) is 2.64. The Balaban J connectivity index is 1.86. The van der Waals surface area contributed by atoms with Gasteiger partial charge in [0.2, 0.25) is 5.91 Å². The standard InChI is InChI=1S/C12H22N2O3/c1-2-17-10-4-3-5-14(8-10)12(16)11-6-9(15)7-13-11/h9-11,13,15H,2-8H2,1H3/t9-,10-,11+/m1/s1. The molecule has 2 aliphatic heterocycles. The third-order valence-corrected chi connectivity index (χ3v) is 3.50. The molecule has 2 fully saturated rings. The second kappa shape index (κ2) is 5.80. The van der Waals surface area contributed by atoms with Gasteiger partial charge in [-0.15, -0.1) is 0 Å². The van der Waals surface area contributed by atoms with Crippen LogP contribution in [0.3, 0.4) is 0 Å². The summed E-state index contributed by atoms with van der Waals surface area (Å²) in [6.07, 6.45) is 2.39. The number of carbonyl (C=O) groups is 1. The lowest BCUT2D eigenvalue weighted by molar-refractivity contribution is -0.137. The Bertz CT molecular complexity index is 270. The first-order valence-corrected chi connectivity index (χ1v) is 6.52. The maximum atomic E-state index is 12.2. The van der Waals surface area contributed by atoms with E-state index < -0.39 is 0 Å². The molecule has 2 rings (SSSR count). The highest BCUT2D eigenvalue weighted by molar-refractivity contribution is 5.82. The first-order valence-electron chi connectivity index (χ1n) is 6.52. The summed E-state index contributed by atoms with van der Waals surface area (Å²) in [7, 11) is 0. The third kappa shape index (κ3) is 3.18. The number of aliphatic hydroxyl groups is 1. The van der Waals surface area contributed by atoms with Crippen molar-refractivity contribution in [3.8, 4) is 0 Å². The number of nitrogens with zero attached hydrogens (tertiary/aromatic N) is 1. The van der Waals surface area contributed by atoms with Gasteiger partial charge in [0.15, 0.2) is 0 Å². The second-order valence-corrected chi connectivity index (χ2v) is 4.85. The van der Waals surface area contributed by atoms with Crippen LogP contribution >= 0.6 is 0 Å². The first kappa shape index (κ1) is 12.8. The van der Waals surface area contributed by atoms with E-state index in [1.165, 1.54) is 0 Å². The third-order valence-electron chi connectivity index (χ3n) is 3.50. The zero-order valence-corrected chi connectivity index (χ0v) is 10.4. The topological polar surface area (TPSA) is 61.8 Å². The highest BCUT2D eigenvalue weighted by Gasteiger charge is 2.33. The molecule has 2 saturated heterocycles. The average molecular weight is 242 g/mol. The van der Waals surface area contributed by atoms with E-state index in [0.717, 1.165) is 19.4 Å². The van der Waals surface area contributed by atoms with E-state index in [-0.39, 0.29) is 24.2 Å². The Hall–Kier alpha value is -0.650. The minimum Gasteiger partial charge on any atom is -0.392 e. The molecule has 0 aliphatic carbocycles. The molecule has 2 aliphatic rings. The quantitative estimate of drug-likeness (QED) is 0.715. The van der Waals surface area contributed by atoms with Crippen LogP contribution in [0.2, 0.25) is 0 Å². The van der Waals surface area contributed by atoms with Gasteiger partial charge < -0.3 is 20.1 Å². The fraction of sp³-hybridized carbons (Fsp3) is 0.917. The zero-order valence-electron chi connectivity index (χ0n) is 10.4. The molecule has 0 saturated carbocycles. The normalized spacial score (nSPS) is 34.0. The van der Waals surface area contributed by atoms with Crippen molar-refractivity contribution in [2.24, 2.45) is 0 Å². The molecule has 2 N–H and O–H groups in total. The summed E-state index contributed by atoms with van der Waals surface area (Å²) in [4.78, 5) is 14.1. The molecule has 2 heterocycles. The minimum atomic E-state index is -0.378. The molecule has 17 heavy (non-hydrogen) atoms. The number of carbonyl (C=O) groups excluding carboxylic acids is 1. The molecule has 3 atom stereocenters. The zero-order chi connectivity index (χ0) is 12.3. The van der Waals surface area contributed by atoms with E-state index >= 15 is 0 Å². The van der Waals surface area contributed by atoms with Gasteiger partial charge in [-0.2, -0.15) is 0 Å². The molecule has 98 valence electrons. The van der Waals surface area contributed by atoms with Gasteiger partial charge in [0.05, 0.1) is 18.2 Å². The van der Waals surface area contributed by atoms with Crippen molar-refractivity contribution >= 4 is 5.91 Å². The average Bonchev–Trinajstić information content (AvgIpc) is 2.76. The van der Waals surface area contributed by atoms with Gasteiger partial charge in [-0.05, 0) is 26.2 Å². The summed E-state index contributed by atoms with van der Waals surface area (Å²) in [5.74, 6) is 0.117. The van der Waals surface area contributed by atoms with E-state index in [4.69, 9.17) is 4.74 Å². The van der Waals surface area contributed by atoms with E-state index in [1.54, 1.807) is 0 Å². The summed E-state index contributed by atoms with van der Waals surface area (Å²) < 4.78 is 5.58. The molecule has 1 amide bonds. The maximum Gasteiger partial charge on any atom is 0.239 e. The highest BCUT2D eigenvalue weighted by atomic mass is 16.5. The van der Waals surface area contributed by atoms with Crippen LogP contribution in [-0.4, -0.2) is 60.4 Å². The number of nitrogens with one attached hydrogen (secondary N) is 1. The van der Waals surface area contributed by atoms with Crippen LogP contribution in [0, 0.1) is 0 Å². The first-order chi connectivity index (χ1) is 8.20. The van der Waals surface area contributed by atoms with E-state index in [9.17, 15) is 9.90 Å². The van der Waals surface area contributed by atoms with Crippen LogP contribution in [0.15, 0.2) is 0 Å². The van der Waals surface area contributed by atoms with E-state index in [0.29, 0.717) is 26.1 Å². The van der Waals surface area contributed by atoms with Gasteiger partial charge >= 0.3 is 0 Å². The smallest absolute Gasteiger partial charge is 0.239 e. The Morgan fingerprint density at radius 3 is 3.06 bits per heavy atom. The van der Waals surface area contributed by atoms with Crippen LogP contribution in [0.25, 0.3) is 0 Å². The predicted octanol–water partition coefficient (Wildman–Crippen LogP) is -0.263. The molecular weight excluding hydrogens is 220 g/mol. The van der Waals surface area contributed by atoms with Crippen molar-refractivity contribution in [2.45, 2.75) is 44.4 Å². The molecule has 0 aromatic heterocycles. The molecule has 0 spiro atoms. The molecule has 5 nitrogen and oxygen atoms in total. The lowest BCUT2D eigenvalue weighted by Gasteiger charge is -2.34. The Labute approximate surface area is 102 Å². The van der Waals surface area contributed by atoms with Gasteiger partial charge in [-0.1, -0.05) is 0 Å². The van der Waals surface area contributed by atoms with Gasteiger partial charge in [-0.25, -0.2) is 0 Å². The molecule has 0 aromatic carbocycles. The number of piperidine rings is 1. The number of ether oxygens (including phenoxy) is 1.